The molecule has 7 heterocycles. The Kier molecular flexibility index (Phi) is 51.0. The molecule has 0 radical (unpaired) electrons. The summed E-state index contributed by atoms with van der Waals surface area (Å²) in [6, 6.07) is -7.45. The van der Waals surface area contributed by atoms with Gasteiger partial charge < -0.3 is 220 Å². The summed E-state index contributed by atoms with van der Waals surface area (Å²) in [6.45, 7) is -2.25. The van der Waals surface area contributed by atoms with Crippen molar-refractivity contribution in [2.75, 3.05) is 52.9 Å². The summed E-state index contributed by atoms with van der Waals surface area (Å²) in [6.07, 6.45) is -54.9. The van der Waals surface area contributed by atoms with E-state index in [1.807, 2.05) is 0 Å². The molecule has 7 aliphatic rings. The summed E-state index contributed by atoms with van der Waals surface area (Å²) in [7, 11) is 0. The predicted octanol–water partition coefficient (Wildman–Crippen LogP) is -7.94. The number of aliphatic carboxylic acids is 3. The van der Waals surface area contributed by atoms with Crippen molar-refractivity contribution in [2.45, 2.75) is 446 Å². The number of allylic oxidation sites excluding steroid dienone is 1. The number of Topliss-reactive ketones (excluding diaryl/α,β-unsaturated/α-hetero) is 1. The number of aliphatic hydroxyl groups is 22. The summed E-state index contributed by atoms with van der Waals surface area (Å²) in [5.41, 5.74) is 0. The standard InChI is InChI=1S/C90H154N4O47/c1-7-9-11-13-15-17-18-19-20-22-23-25-27-29-49(106)48(94-60(111)30-28-26-24-21-16-14-12-10-8-2)42-128-82-72(120)70(118)75(58(40-100)131-82)134-84-73(121)80(76(59(41-101)132-84)135-81-47(31-43(3)102)74(66(114)55(37-97)129-81)133-83-71(119)69(117)65(113)54(36-96)130-83)141-90(87(126)127)34-52(109)63(93-46(6)105)79(140-90)68(116)57(39-99)137-89(86(124)125)33-51(108)62(92-45(5)104)78(139-89)67(115)56(38-98)136-88(85(122)123)32-50(107)61(91-44(4)103)77(138-88)64(112)53(110)35-95/h27,29,47-59,61-84,95-101,106-110,112-121H,7-26,28,30-42H2,1-6H3,(H,91,103)(H,92,104)(H,93,105)(H,94,111)(H,122,123)(H,124,125)(H,126,127). The van der Waals surface area contributed by atoms with Gasteiger partial charge in [0.25, 0.3) is 17.4 Å². The lowest BCUT2D eigenvalue weighted by atomic mass is 9.86. The molecule has 40 unspecified atom stereocenters. The summed E-state index contributed by atoms with van der Waals surface area (Å²) in [4.78, 5) is 108. The van der Waals surface area contributed by atoms with Crippen LogP contribution in [-0.2, 0) is 105 Å². The molecular formula is C90H154N4O47. The first kappa shape index (κ1) is 122. The third kappa shape index (κ3) is 33.1. The van der Waals surface area contributed by atoms with Gasteiger partial charge in [-0.05, 0) is 26.2 Å². The number of ketones is 1. The molecule has 0 spiro atoms. The molecule has 51 heteroatoms. The van der Waals surface area contributed by atoms with Gasteiger partial charge in [-0.25, -0.2) is 14.4 Å². The highest BCUT2D eigenvalue weighted by atomic mass is 16.8. The van der Waals surface area contributed by atoms with E-state index in [0.29, 0.717) is 12.8 Å². The second kappa shape index (κ2) is 58.9. The molecule has 141 heavy (non-hydrogen) atoms. The fourth-order valence-corrected chi connectivity index (χ4v) is 18.7. The highest BCUT2D eigenvalue weighted by molar-refractivity contribution is 5.79. The zero-order valence-corrected chi connectivity index (χ0v) is 80.2. The molecule has 0 aromatic heterocycles. The van der Waals surface area contributed by atoms with Crippen LogP contribution in [0.25, 0.3) is 0 Å². The topological polar surface area (TPSA) is 820 Å². The Labute approximate surface area is 814 Å². The Bertz CT molecular complexity index is 3800. The molecule has 4 amide bonds. The third-order valence-corrected chi connectivity index (χ3v) is 26.4. The van der Waals surface area contributed by atoms with Crippen molar-refractivity contribution in [2.24, 2.45) is 5.92 Å². The van der Waals surface area contributed by atoms with Crippen LogP contribution in [-0.4, -0.2) is 465 Å². The van der Waals surface area contributed by atoms with Crippen LogP contribution in [0.15, 0.2) is 12.2 Å². The lowest BCUT2D eigenvalue weighted by Gasteiger charge is -2.53. The average molecular weight is 2040 g/mol. The zero-order chi connectivity index (χ0) is 105. The van der Waals surface area contributed by atoms with Crippen molar-refractivity contribution >= 4 is 47.3 Å². The van der Waals surface area contributed by atoms with E-state index in [1.54, 1.807) is 6.08 Å². The van der Waals surface area contributed by atoms with Gasteiger partial charge in [-0.2, -0.15) is 0 Å². The Hall–Kier alpha value is -5.74. The van der Waals surface area contributed by atoms with Crippen LogP contribution >= 0.6 is 0 Å². The predicted molar refractivity (Wildman–Crippen MR) is 475 cm³/mol. The largest absolute Gasteiger partial charge is 0.477 e. The zero-order valence-electron chi connectivity index (χ0n) is 80.2. The number of nitrogens with one attached hydrogen (secondary N) is 4. The van der Waals surface area contributed by atoms with Crippen LogP contribution in [0.1, 0.15) is 208 Å². The smallest absolute Gasteiger partial charge is 0.364 e. The van der Waals surface area contributed by atoms with Crippen LogP contribution in [0.2, 0.25) is 0 Å². The van der Waals surface area contributed by atoms with Crippen molar-refractivity contribution < 1.29 is 232 Å². The van der Waals surface area contributed by atoms with E-state index in [1.165, 1.54) is 31.8 Å². The van der Waals surface area contributed by atoms with Gasteiger partial charge in [0, 0.05) is 58.8 Å². The second-order valence-corrected chi connectivity index (χ2v) is 37.4. The minimum absolute atomic E-state index is 0.0535. The molecule has 0 bridgehead atoms. The van der Waals surface area contributed by atoms with Crippen molar-refractivity contribution in [1.82, 2.24) is 21.3 Å². The molecule has 7 rings (SSSR count). The first-order chi connectivity index (χ1) is 66.9. The number of unbranched alkanes of at least 4 members (excludes halogenated alkanes) is 19. The van der Waals surface area contributed by atoms with E-state index < -0.39 is 369 Å². The van der Waals surface area contributed by atoms with E-state index >= 15 is 0 Å². The van der Waals surface area contributed by atoms with Gasteiger partial charge in [0.2, 0.25) is 23.6 Å². The molecule has 816 valence electrons. The van der Waals surface area contributed by atoms with E-state index in [0.717, 1.165) is 124 Å². The number of carboxylic acid groups (broad SMARTS) is 3. The van der Waals surface area contributed by atoms with Crippen LogP contribution < -0.4 is 21.3 Å². The minimum atomic E-state index is -3.81. The lowest BCUT2D eigenvalue weighted by molar-refractivity contribution is -0.407. The second-order valence-electron chi connectivity index (χ2n) is 37.4. The number of amides is 4. The molecule has 0 aromatic carbocycles. The molecule has 29 N–H and O–H groups in total. The summed E-state index contributed by atoms with van der Waals surface area (Å²) in [5, 5.41) is 295. The SMILES string of the molecule is CCCCCCCCCCCCCC=CC(O)C(COC1OC(CO)C(OC2OC(CO)C(OC3OC(CO)C(O)C(OC4OC(CO)C(O)C(O)C4O)C3CC(C)=O)C(OC3(C(=O)O)CC(O)C(NC(C)=O)C(C(O)C(CO)OC4(C(=O)O)CC(O)C(NC(C)=O)C(C(O)C(CO)OC5(C(=O)O)CC(O)C(NC(C)=O)C(C(O)C(O)CO)O5)O4)O3)C2O)C(O)C1O)NC(=O)CCCCCCCCCCC. The molecule has 0 saturated carbocycles. The molecule has 7 aliphatic heterocycles. The van der Waals surface area contributed by atoms with Gasteiger partial charge in [-0.1, -0.05) is 142 Å². The minimum Gasteiger partial charge on any atom is -0.477 e. The highest BCUT2D eigenvalue weighted by Crippen LogP contribution is 2.46. The normalized spacial score (nSPS) is 36.5. The third-order valence-electron chi connectivity index (χ3n) is 26.4. The van der Waals surface area contributed by atoms with Gasteiger partial charge in [0.1, 0.15) is 146 Å². The first-order valence-electron chi connectivity index (χ1n) is 48.6. The van der Waals surface area contributed by atoms with Gasteiger partial charge in [0.05, 0.1) is 108 Å². The number of carbonyl (C=O) groups is 8. The maximum Gasteiger partial charge on any atom is 0.364 e. The van der Waals surface area contributed by atoms with Gasteiger partial charge in [0.15, 0.2) is 25.2 Å². The van der Waals surface area contributed by atoms with Crippen LogP contribution in [0.4, 0.5) is 0 Å². The number of carbonyl (C=O) groups excluding carboxylic acids is 5. The van der Waals surface area contributed by atoms with Crippen LogP contribution in [0, 0.1) is 5.92 Å². The number of hydrogen-bond acceptors (Lipinski definition) is 44. The number of hydrogen-bond donors (Lipinski definition) is 29. The fourth-order valence-electron chi connectivity index (χ4n) is 18.7. The summed E-state index contributed by atoms with van der Waals surface area (Å²) in [5.74, 6) is -24.3. The van der Waals surface area contributed by atoms with Crippen molar-refractivity contribution in [3.8, 4) is 0 Å². The van der Waals surface area contributed by atoms with Crippen LogP contribution in [0.5, 0.6) is 0 Å². The number of carboxylic acids is 3. The first-order valence-corrected chi connectivity index (χ1v) is 48.6. The van der Waals surface area contributed by atoms with E-state index in [2.05, 4.69) is 35.1 Å². The average Bonchev–Trinajstić information content (AvgIpc) is 0.745. The summed E-state index contributed by atoms with van der Waals surface area (Å²) < 4.78 is 84.2. The molecule has 0 aromatic rings. The maximum atomic E-state index is 14.6. The number of ether oxygens (including phenoxy) is 14. The van der Waals surface area contributed by atoms with Crippen molar-refractivity contribution in [3.05, 3.63) is 12.2 Å². The van der Waals surface area contributed by atoms with Crippen LogP contribution in [0.3, 0.4) is 0 Å². The number of aliphatic hydroxyl groups excluding tert-OH is 22. The molecule has 7 saturated heterocycles. The molecule has 51 nitrogen and oxygen atoms in total. The Morgan fingerprint density at radius 3 is 1.23 bits per heavy atom. The Balaban J connectivity index is 1.26. The van der Waals surface area contributed by atoms with Crippen molar-refractivity contribution in [1.29, 1.82) is 0 Å². The van der Waals surface area contributed by atoms with Crippen molar-refractivity contribution in [3.63, 3.8) is 0 Å². The van der Waals surface area contributed by atoms with Gasteiger partial charge in [-0.15, -0.1) is 0 Å². The van der Waals surface area contributed by atoms with Gasteiger partial charge >= 0.3 is 17.9 Å². The highest BCUT2D eigenvalue weighted by Gasteiger charge is 2.66. The monoisotopic (exact) mass is 2040 g/mol. The number of rotatable bonds is 61. The molecule has 7 fully saturated rings. The molecule has 40 atom stereocenters. The summed E-state index contributed by atoms with van der Waals surface area (Å²) >= 11 is 0. The van der Waals surface area contributed by atoms with E-state index in [4.69, 9.17) is 66.3 Å². The lowest BCUT2D eigenvalue weighted by Crippen LogP contribution is -2.72. The Morgan fingerprint density at radius 1 is 0.404 bits per heavy atom. The van der Waals surface area contributed by atoms with E-state index in [9.17, 15) is 166 Å². The van der Waals surface area contributed by atoms with E-state index in [-0.39, 0.29) is 6.42 Å². The molecule has 0 aliphatic carbocycles. The quantitative estimate of drug-likeness (QED) is 0.0199. The molecular weight excluding hydrogens is 1890 g/mol. The Morgan fingerprint density at radius 2 is 0.787 bits per heavy atom. The maximum absolute atomic E-state index is 14.6. The van der Waals surface area contributed by atoms with Gasteiger partial charge in [-0.3, -0.25) is 19.2 Å². The fraction of sp³-hybridized carbons (Fsp3) is 0.889.